The summed E-state index contributed by atoms with van der Waals surface area (Å²) in [6.45, 7) is 12.5. The molecule has 0 aromatic carbocycles. The molecule has 2 N–H and O–H groups in total. The highest BCUT2D eigenvalue weighted by molar-refractivity contribution is 5.31. The first-order chi connectivity index (χ1) is 8.99. The molecular formula is C14H27N3O2. The number of aryl methyl sites for hydroxylation is 1. The molecule has 0 aliphatic rings. The lowest BCUT2D eigenvalue weighted by molar-refractivity contribution is 0.249. The number of nitrogens with one attached hydrogen (secondary N) is 1. The van der Waals surface area contributed by atoms with Gasteiger partial charge in [-0.25, -0.2) is 4.68 Å². The molecule has 110 valence electrons. The molecule has 5 heteroatoms. The van der Waals surface area contributed by atoms with Gasteiger partial charge >= 0.3 is 0 Å². The van der Waals surface area contributed by atoms with E-state index in [0.717, 1.165) is 23.7 Å². The van der Waals surface area contributed by atoms with E-state index in [9.17, 15) is 0 Å². The van der Waals surface area contributed by atoms with Gasteiger partial charge in [0.2, 0.25) is 5.88 Å². The highest BCUT2D eigenvalue weighted by Crippen LogP contribution is 2.23. The summed E-state index contributed by atoms with van der Waals surface area (Å²) in [6, 6.07) is 0.0716. The number of ether oxygens (including phenoxy) is 1. The van der Waals surface area contributed by atoms with Gasteiger partial charge in [0.25, 0.3) is 0 Å². The summed E-state index contributed by atoms with van der Waals surface area (Å²) >= 11 is 0. The molecule has 1 rings (SSSR count). The highest BCUT2D eigenvalue weighted by Gasteiger charge is 2.17. The summed E-state index contributed by atoms with van der Waals surface area (Å²) in [5, 5.41) is 16.9. The van der Waals surface area contributed by atoms with Crippen LogP contribution in [0.1, 0.15) is 39.0 Å². The minimum atomic E-state index is 0.0716. The van der Waals surface area contributed by atoms with Crippen molar-refractivity contribution in [3.8, 4) is 5.88 Å². The van der Waals surface area contributed by atoms with Crippen LogP contribution in [0.25, 0.3) is 0 Å². The second-order valence-electron chi connectivity index (χ2n) is 5.34. The molecule has 1 heterocycles. The van der Waals surface area contributed by atoms with Gasteiger partial charge in [-0.1, -0.05) is 13.8 Å². The molecule has 1 atom stereocenters. The van der Waals surface area contributed by atoms with Gasteiger partial charge in [0.1, 0.15) is 0 Å². The van der Waals surface area contributed by atoms with Crippen LogP contribution in [0.4, 0.5) is 0 Å². The van der Waals surface area contributed by atoms with Crippen LogP contribution in [0.5, 0.6) is 5.88 Å². The molecule has 1 aromatic heterocycles. The Bertz CT molecular complexity index is 388. The standard InChI is InChI=1S/C14H27N3O2/c1-6-19-14-13(7-15-11(4)9-18)12(5)16-17(14)8-10(2)3/h10-11,15,18H,6-9H2,1-5H3. The first-order valence-electron chi connectivity index (χ1n) is 7.02. The second-order valence-corrected chi connectivity index (χ2v) is 5.34. The van der Waals surface area contributed by atoms with E-state index in [4.69, 9.17) is 9.84 Å². The third kappa shape index (κ3) is 4.51. The summed E-state index contributed by atoms with van der Waals surface area (Å²) in [5.74, 6) is 1.38. The third-order valence-electron chi connectivity index (χ3n) is 2.92. The minimum absolute atomic E-state index is 0.0716. The van der Waals surface area contributed by atoms with Crippen LogP contribution in [0.3, 0.4) is 0 Å². The fourth-order valence-corrected chi connectivity index (χ4v) is 1.91. The average Bonchev–Trinajstić information content (AvgIpc) is 2.62. The molecule has 0 saturated carbocycles. The van der Waals surface area contributed by atoms with Gasteiger partial charge in [0.05, 0.1) is 24.5 Å². The van der Waals surface area contributed by atoms with E-state index in [2.05, 4.69) is 24.3 Å². The molecule has 0 aliphatic carbocycles. The van der Waals surface area contributed by atoms with E-state index >= 15 is 0 Å². The van der Waals surface area contributed by atoms with Crippen molar-refractivity contribution < 1.29 is 9.84 Å². The maximum absolute atomic E-state index is 9.06. The Labute approximate surface area is 116 Å². The van der Waals surface area contributed by atoms with Crippen LogP contribution in [0.2, 0.25) is 0 Å². The maximum atomic E-state index is 9.06. The zero-order chi connectivity index (χ0) is 14.4. The molecule has 19 heavy (non-hydrogen) atoms. The van der Waals surface area contributed by atoms with Crippen LogP contribution in [0, 0.1) is 12.8 Å². The van der Waals surface area contributed by atoms with Gasteiger partial charge in [0.15, 0.2) is 0 Å². The van der Waals surface area contributed by atoms with Gasteiger partial charge in [-0.3, -0.25) is 0 Å². The van der Waals surface area contributed by atoms with Gasteiger partial charge in [-0.2, -0.15) is 5.10 Å². The molecule has 0 amide bonds. The fraction of sp³-hybridized carbons (Fsp3) is 0.786. The number of aliphatic hydroxyl groups excluding tert-OH is 1. The lowest BCUT2D eigenvalue weighted by Crippen LogP contribution is -2.29. The molecule has 0 saturated heterocycles. The van der Waals surface area contributed by atoms with Crippen molar-refractivity contribution in [2.45, 2.75) is 53.8 Å². The topological polar surface area (TPSA) is 59.3 Å². The normalized spacial score (nSPS) is 13.0. The van der Waals surface area contributed by atoms with E-state index in [0.29, 0.717) is 19.1 Å². The fourth-order valence-electron chi connectivity index (χ4n) is 1.91. The smallest absolute Gasteiger partial charge is 0.216 e. The lowest BCUT2D eigenvalue weighted by atomic mass is 10.2. The minimum Gasteiger partial charge on any atom is -0.478 e. The molecule has 1 unspecified atom stereocenters. The Balaban J connectivity index is 2.90. The number of nitrogens with zero attached hydrogens (tertiary/aromatic N) is 2. The zero-order valence-electron chi connectivity index (χ0n) is 12.7. The molecule has 0 aliphatic heterocycles. The summed E-state index contributed by atoms with van der Waals surface area (Å²) in [7, 11) is 0. The van der Waals surface area contributed by atoms with E-state index in [1.807, 2.05) is 25.5 Å². The van der Waals surface area contributed by atoms with Crippen molar-refractivity contribution in [3.63, 3.8) is 0 Å². The highest BCUT2D eigenvalue weighted by atomic mass is 16.5. The Morgan fingerprint density at radius 3 is 2.58 bits per heavy atom. The van der Waals surface area contributed by atoms with Gasteiger partial charge in [-0.15, -0.1) is 0 Å². The average molecular weight is 269 g/mol. The van der Waals surface area contributed by atoms with Crippen molar-refractivity contribution in [1.29, 1.82) is 0 Å². The van der Waals surface area contributed by atoms with Crippen LogP contribution in [-0.2, 0) is 13.1 Å². The Hall–Kier alpha value is -1.07. The van der Waals surface area contributed by atoms with Gasteiger partial charge < -0.3 is 15.2 Å². The predicted molar refractivity (Wildman–Crippen MR) is 76.4 cm³/mol. The Morgan fingerprint density at radius 2 is 2.05 bits per heavy atom. The van der Waals surface area contributed by atoms with E-state index in [-0.39, 0.29) is 12.6 Å². The summed E-state index contributed by atoms with van der Waals surface area (Å²) in [5.41, 5.74) is 2.07. The van der Waals surface area contributed by atoms with Crippen molar-refractivity contribution in [1.82, 2.24) is 15.1 Å². The van der Waals surface area contributed by atoms with Crippen molar-refractivity contribution >= 4 is 0 Å². The zero-order valence-corrected chi connectivity index (χ0v) is 12.7. The largest absolute Gasteiger partial charge is 0.478 e. The summed E-state index contributed by atoms with van der Waals surface area (Å²) < 4.78 is 7.70. The van der Waals surface area contributed by atoms with E-state index < -0.39 is 0 Å². The van der Waals surface area contributed by atoms with Gasteiger partial charge in [0, 0.05) is 19.1 Å². The molecule has 0 bridgehead atoms. The number of hydrogen-bond acceptors (Lipinski definition) is 4. The molecular weight excluding hydrogens is 242 g/mol. The summed E-state index contributed by atoms with van der Waals surface area (Å²) in [6.07, 6.45) is 0. The van der Waals surface area contributed by atoms with Crippen LogP contribution in [-0.4, -0.2) is 34.1 Å². The summed E-state index contributed by atoms with van der Waals surface area (Å²) in [4.78, 5) is 0. The number of rotatable bonds is 8. The molecule has 1 aromatic rings. The van der Waals surface area contributed by atoms with Gasteiger partial charge in [-0.05, 0) is 26.7 Å². The lowest BCUT2D eigenvalue weighted by Gasteiger charge is -2.13. The van der Waals surface area contributed by atoms with Crippen LogP contribution in [0.15, 0.2) is 0 Å². The Morgan fingerprint density at radius 1 is 1.37 bits per heavy atom. The van der Waals surface area contributed by atoms with E-state index in [1.54, 1.807) is 0 Å². The monoisotopic (exact) mass is 269 g/mol. The van der Waals surface area contributed by atoms with E-state index in [1.165, 1.54) is 0 Å². The first-order valence-corrected chi connectivity index (χ1v) is 7.02. The third-order valence-corrected chi connectivity index (χ3v) is 2.92. The molecule has 0 spiro atoms. The van der Waals surface area contributed by atoms with Crippen molar-refractivity contribution in [2.75, 3.05) is 13.2 Å². The Kier molecular flexibility index (Phi) is 6.31. The molecule has 0 fully saturated rings. The quantitative estimate of drug-likeness (QED) is 0.754. The second kappa shape index (κ2) is 7.50. The molecule has 0 radical (unpaired) electrons. The number of hydrogen-bond donors (Lipinski definition) is 2. The number of aliphatic hydroxyl groups is 1. The first kappa shape index (κ1) is 16.0. The maximum Gasteiger partial charge on any atom is 0.216 e. The molecule has 5 nitrogen and oxygen atoms in total. The predicted octanol–water partition coefficient (Wildman–Crippen LogP) is 1.72. The van der Waals surface area contributed by atoms with Crippen LogP contribution < -0.4 is 10.1 Å². The van der Waals surface area contributed by atoms with Crippen molar-refractivity contribution in [3.05, 3.63) is 11.3 Å². The number of aromatic nitrogens is 2. The SMILES string of the molecule is CCOc1c(CNC(C)CO)c(C)nn1CC(C)C. The van der Waals surface area contributed by atoms with Crippen molar-refractivity contribution in [2.24, 2.45) is 5.92 Å². The van der Waals surface area contributed by atoms with Crippen LogP contribution >= 0.6 is 0 Å².